The fourth-order valence-corrected chi connectivity index (χ4v) is 3.11. The van der Waals surface area contributed by atoms with Gasteiger partial charge in [-0.3, -0.25) is 0 Å². The van der Waals surface area contributed by atoms with Crippen molar-refractivity contribution in [3.05, 3.63) is 30.3 Å². The summed E-state index contributed by atoms with van der Waals surface area (Å²) in [7, 11) is 1.96. The average Bonchev–Trinajstić information content (AvgIpc) is 1.90. The molecule has 0 aromatic heterocycles. The summed E-state index contributed by atoms with van der Waals surface area (Å²) in [5.74, 6) is 0. The van der Waals surface area contributed by atoms with Crippen LogP contribution in [-0.4, -0.2) is 0 Å². The molecular weight excluding hydrogens is 305 g/mol. The molecule has 1 aromatic rings. The van der Waals surface area contributed by atoms with E-state index in [1.54, 1.807) is 0 Å². The fourth-order valence-electron chi connectivity index (χ4n) is 0.517. The van der Waals surface area contributed by atoms with Crippen LogP contribution < -0.4 is 0 Å². The van der Waals surface area contributed by atoms with E-state index in [4.69, 9.17) is 0 Å². The van der Waals surface area contributed by atoms with E-state index in [9.17, 15) is 0 Å². The monoisotopic (exact) mass is 311 g/mol. The molecule has 1 rings (SSSR count). The zero-order valence-corrected chi connectivity index (χ0v) is 10.8. The van der Waals surface area contributed by atoms with E-state index in [2.05, 4.69) is 24.3 Å². The molecule has 37 valence electrons. The molecule has 0 amide bonds. The van der Waals surface area contributed by atoms with Crippen LogP contribution in [-0.2, 0) is 24.6 Å². The normalized spacial score (nSPS) is 9.25. The van der Waals surface area contributed by atoms with Crippen LogP contribution >= 0.6 is 8.24 Å². The van der Waals surface area contributed by atoms with Gasteiger partial charge in [-0.1, -0.05) is 0 Å². The van der Waals surface area contributed by atoms with Gasteiger partial charge in [-0.05, 0) is 0 Å². The summed E-state index contributed by atoms with van der Waals surface area (Å²) in [5, 5.41) is 0. The second-order valence-corrected chi connectivity index (χ2v) is 5.58. The van der Waals surface area contributed by atoms with Crippen molar-refractivity contribution < 1.29 is 24.6 Å². The Morgan fingerprint density at radius 2 is 1.75 bits per heavy atom. The second-order valence-electron chi connectivity index (χ2n) is 1.46. The predicted molar refractivity (Wildman–Crippen MR) is 32.3 cm³/mol. The molecule has 0 saturated carbocycles. The van der Waals surface area contributed by atoms with Crippen LogP contribution in [0.1, 0.15) is 0 Å². The Morgan fingerprint density at radius 3 is 2.12 bits per heavy atom. The molecule has 0 saturated heterocycles. The first kappa shape index (κ1) is 6.62. The van der Waals surface area contributed by atoms with Crippen LogP contribution in [0.5, 0.6) is 0 Å². The van der Waals surface area contributed by atoms with Gasteiger partial charge in [0.2, 0.25) is 0 Å². The minimum atomic E-state index is 0.839. The van der Waals surface area contributed by atoms with Crippen molar-refractivity contribution in [1.82, 2.24) is 0 Å². The van der Waals surface area contributed by atoms with E-state index in [1.807, 2.05) is 14.3 Å². The number of benzene rings is 1. The minimum absolute atomic E-state index is 0.839. The summed E-state index contributed by atoms with van der Waals surface area (Å²) in [6.07, 6.45) is 0. The average molecular weight is 310 g/mol. The molecule has 0 fully saturated rings. The van der Waals surface area contributed by atoms with Crippen molar-refractivity contribution in [2.75, 3.05) is 0 Å². The van der Waals surface area contributed by atoms with Gasteiger partial charge in [0.25, 0.3) is 0 Å². The first-order chi connectivity index (χ1) is 3.93. The molecule has 0 aliphatic heterocycles. The van der Waals surface area contributed by atoms with Crippen LogP contribution in [0, 0.1) is 0 Å². The predicted octanol–water partition coefficient (Wildman–Crippen LogP) is 2.24. The number of hydrogen-bond donors (Lipinski definition) is 0. The molecule has 0 N–H and O–H groups in total. The van der Waals surface area contributed by atoms with Gasteiger partial charge in [0.1, 0.15) is 0 Å². The maximum absolute atomic E-state index is 2.15. The van der Waals surface area contributed by atoms with Gasteiger partial charge in [0.05, 0.1) is 0 Å². The Hall–Kier alpha value is 0.505. The molecule has 1 aromatic carbocycles. The zero-order valence-electron chi connectivity index (χ0n) is 4.50. The van der Waals surface area contributed by atoms with Gasteiger partial charge < -0.3 is 0 Å². The topological polar surface area (TPSA) is 0 Å². The van der Waals surface area contributed by atoms with Crippen molar-refractivity contribution in [2.24, 2.45) is 0 Å². The molecule has 0 heterocycles. The molecule has 0 aliphatic rings. The third kappa shape index (κ3) is 1.79. The summed E-state index contributed by atoms with van der Waals surface area (Å²) >= 11 is 0.839. The van der Waals surface area contributed by atoms with Gasteiger partial charge in [-0.25, -0.2) is 0 Å². The van der Waals surface area contributed by atoms with Crippen molar-refractivity contribution in [3.63, 3.8) is 0 Å². The third-order valence-electron chi connectivity index (χ3n) is 0.910. The Balaban J connectivity index is 2.83. The molecule has 0 aliphatic carbocycles. The summed E-state index contributed by atoms with van der Waals surface area (Å²) in [5.41, 5.74) is 0. The second kappa shape index (κ2) is 3.52. The van der Waals surface area contributed by atoms with Crippen molar-refractivity contribution in [2.45, 2.75) is 4.90 Å². The van der Waals surface area contributed by atoms with Crippen LogP contribution in [0.2, 0.25) is 0 Å². The van der Waals surface area contributed by atoms with E-state index in [0.717, 1.165) is 24.6 Å². The van der Waals surface area contributed by atoms with E-state index in [0.29, 0.717) is 0 Å². The van der Waals surface area contributed by atoms with Crippen molar-refractivity contribution in [3.8, 4) is 0 Å². The van der Waals surface area contributed by atoms with E-state index in [1.165, 1.54) is 4.90 Å². The van der Waals surface area contributed by atoms with E-state index in [-0.39, 0.29) is 0 Å². The van der Waals surface area contributed by atoms with E-state index >= 15 is 0 Å². The molecule has 0 atom stereocenters. The van der Waals surface area contributed by atoms with Crippen LogP contribution in [0.3, 0.4) is 0 Å². The van der Waals surface area contributed by atoms with Crippen molar-refractivity contribution in [1.29, 1.82) is 0 Å². The van der Waals surface area contributed by atoms with Crippen molar-refractivity contribution >= 4 is 8.24 Å². The fraction of sp³-hybridized carbons (Fsp3) is 0. The summed E-state index contributed by atoms with van der Waals surface area (Å²) in [6.45, 7) is 0. The zero-order chi connectivity index (χ0) is 5.82. The molecule has 0 bridgehead atoms. The Labute approximate surface area is 67.8 Å². The molecule has 0 spiro atoms. The van der Waals surface area contributed by atoms with Crippen LogP contribution in [0.25, 0.3) is 0 Å². The quantitative estimate of drug-likeness (QED) is 0.717. The summed E-state index contributed by atoms with van der Waals surface area (Å²) in [6, 6.07) is 10.5. The standard InChI is InChI=1S/C6H6S.Hg/c7-6-4-2-1-3-5-6;/h1-5,7H;/q;+1/p-1. The maximum atomic E-state index is 2.15. The Morgan fingerprint density at radius 1 is 1.12 bits per heavy atom. The van der Waals surface area contributed by atoms with Gasteiger partial charge >= 0.3 is 68.1 Å². The molecule has 0 radical (unpaired) electrons. The molecule has 8 heavy (non-hydrogen) atoms. The SMILES string of the molecule is [Hg][S]c1ccccc1. The summed E-state index contributed by atoms with van der Waals surface area (Å²) in [4.78, 5) is 1.41. The first-order valence-electron chi connectivity index (χ1n) is 2.40. The molecule has 0 nitrogen and oxygen atoms in total. The van der Waals surface area contributed by atoms with Gasteiger partial charge in [0, 0.05) is 0 Å². The number of hydrogen-bond acceptors (Lipinski definition) is 1. The van der Waals surface area contributed by atoms with E-state index < -0.39 is 0 Å². The van der Waals surface area contributed by atoms with Crippen LogP contribution in [0.15, 0.2) is 35.2 Å². The van der Waals surface area contributed by atoms with Gasteiger partial charge in [-0.2, -0.15) is 0 Å². The third-order valence-corrected chi connectivity index (χ3v) is 5.40. The van der Waals surface area contributed by atoms with Crippen LogP contribution in [0.4, 0.5) is 0 Å². The molecule has 0 unspecified atom stereocenters. The molecule has 2 heteroatoms. The Kier molecular flexibility index (Phi) is 2.91. The Bertz CT molecular complexity index is 150. The van der Waals surface area contributed by atoms with Gasteiger partial charge in [-0.15, -0.1) is 0 Å². The number of rotatable bonds is 1. The molecular formula is C6H5HgS. The van der Waals surface area contributed by atoms with Gasteiger partial charge in [0.15, 0.2) is 0 Å². The first-order valence-corrected chi connectivity index (χ1v) is 10.1. The summed E-state index contributed by atoms with van der Waals surface area (Å²) < 4.78 is 0.